The molecule has 0 unspecified atom stereocenters. The number of carbonyl (C=O) groups excluding carboxylic acids is 1. The van der Waals surface area contributed by atoms with E-state index in [0.29, 0.717) is 12.5 Å². The molecule has 1 heterocycles. The highest BCUT2D eigenvalue weighted by atomic mass is 16.1. The summed E-state index contributed by atoms with van der Waals surface area (Å²) in [4.78, 5) is 13.7. The zero-order valence-corrected chi connectivity index (χ0v) is 10.3. The average molecular weight is 217 g/mol. The van der Waals surface area contributed by atoms with Gasteiger partial charge in [0, 0.05) is 24.7 Å². The van der Waals surface area contributed by atoms with Crippen LogP contribution in [0.1, 0.15) is 31.9 Å². The second kappa shape index (κ2) is 4.28. The second-order valence-corrected chi connectivity index (χ2v) is 4.84. The molecular weight excluding hydrogens is 198 g/mol. The molecule has 0 saturated heterocycles. The number of fused-ring (bicyclic) bond motifs is 1. The van der Waals surface area contributed by atoms with Crippen molar-refractivity contribution in [3.05, 3.63) is 29.3 Å². The van der Waals surface area contributed by atoms with Gasteiger partial charge in [-0.15, -0.1) is 0 Å². The van der Waals surface area contributed by atoms with E-state index < -0.39 is 0 Å². The summed E-state index contributed by atoms with van der Waals surface area (Å²) in [7, 11) is 0. The zero-order valence-electron chi connectivity index (χ0n) is 10.3. The van der Waals surface area contributed by atoms with Crippen molar-refractivity contribution in [1.29, 1.82) is 0 Å². The molecule has 0 fully saturated rings. The third-order valence-corrected chi connectivity index (χ3v) is 3.18. The molecule has 1 aliphatic rings. The molecule has 0 spiro atoms. The Balaban J connectivity index is 2.41. The lowest BCUT2D eigenvalue weighted by atomic mass is 10.0. The number of anilines is 1. The van der Waals surface area contributed by atoms with Gasteiger partial charge in [0.1, 0.15) is 5.78 Å². The molecule has 1 aromatic rings. The van der Waals surface area contributed by atoms with Gasteiger partial charge in [-0.05, 0) is 38.3 Å². The van der Waals surface area contributed by atoms with Crippen LogP contribution in [-0.4, -0.2) is 18.4 Å². The molecule has 0 radical (unpaired) electrons. The number of hydrogen-bond acceptors (Lipinski definition) is 2. The Labute approximate surface area is 97.3 Å². The number of Topliss-reactive ketones (excluding diaryl/α,β-unsaturated/α-hetero) is 1. The minimum atomic E-state index is 0.240. The normalized spacial score (nSPS) is 14.4. The van der Waals surface area contributed by atoms with E-state index in [1.807, 2.05) is 0 Å². The van der Waals surface area contributed by atoms with Crippen LogP contribution in [0.2, 0.25) is 0 Å². The Morgan fingerprint density at radius 3 is 2.81 bits per heavy atom. The highest BCUT2D eigenvalue weighted by Crippen LogP contribution is 2.33. The summed E-state index contributed by atoms with van der Waals surface area (Å²) in [6, 6.07) is 6.85. The van der Waals surface area contributed by atoms with Gasteiger partial charge in [0.2, 0.25) is 0 Å². The molecule has 0 N–H and O–H groups in total. The summed E-state index contributed by atoms with van der Waals surface area (Å²) >= 11 is 0. The molecule has 1 aromatic carbocycles. The molecule has 0 atom stereocenters. The van der Waals surface area contributed by atoms with Crippen molar-refractivity contribution < 1.29 is 4.79 Å². The third kappa shape index (κ3) is 1.97. The molecule has 0 aromatic heterocycles. The smallest absolute Gasteiger partial charge is 0.134 e. The van der Waals surface area contributed by atoms with Crippen LogP contribution in [0, 0.1) is 0 Å². The van der Waals surface area contributed by atoms with Crippen LogP contribution in [0.15, 0.2) is 18.2 Å². The summed E-state index contributed by atoms with van der Waals surface area (Å²) in [6.45, 7) is 7.16. The number of para-hydroxylation sites is 1. The fourth-order valence-electron chi connectivity index (χ4n) is 2.50. The first kappa shape index (κ1) is 11.2. The summed E-state index contributed by atoms with van der Waals surface area (Å²) in [6.07, 6.45) is 1.67. The lowest BCUT2D eigenvalue weighted by Gasteiger charge is -2.26. The maximum Gasteiger partial charge on any atom is 0.134 e. The van der Waals surface area contributed by atoms with Gasteiger partial charge in [0.25, 0.3) is 0 Å². The summed E-state index contributed by atoms with van der Waals surface area (Å²) in [5, 5.41) is 0. The number of carbonyl (C=O) groups is 1. The SMILES string of the molecule is CC(=O)Cc1cccc2c1N(C(C)C)CC2. The highest BCUT2D eigenvalue weighted by Gasteiger charge is 2.24. The van der Waals surface area contributed by atoms with E-state index >= 15 is 0 Å². The average Bonchev–Trinajstić information content (AvgIpc) is 2.61. The van der Waals surface area contributed by atoms with Crippen LogP contribution in [0.3, 0.4) is 0 Å². The van der Waals surface area contributed by atoms with Crippen LogP contribution in [0.4, 0.5) is 5.69 Å². The molecule has 1 aliphatic heterocycles. The van der Waals surface area contributed by atoms with E-state index in [1.54, 1.807) is 6.92 Å². The standard InChI is InChI=1S/C14H19NO/c1-10(2)15-8-7-12-5-4-6-13(14(12)15)9-11(3)16/h4-6,10H,7-9H2,1-3H3. The predicted octanol–water partition coefficient (Wildman–Crippen LogP) is 2.59. The number of ketones is 1. The van der Waals surface area contributed by atoms with Crippen LogP contribution < -0.4 is 4.90 Å². The van der Waals surface area contributed by atoms with Crippen molar-refractivity contribution >= 4 is 11.5 Å². The zero-order chi connectivity index (χ0) is 11.7. The third-order valence-electron chi connectivity index (χ3n) is 3.18. The summed E-state index contributed by atoms with van der Waals surface area (Å²) < 4.78 is 0. The molecular formula is C14H19NO. The van der Waals surface area contributed by atoms with E-state index in [1.165, 1.54) is 16.8 Å². The van der Waals surface area contributed by atoms with Crippen molar-refractivity contribution in [2.24, 2.45) is 0 Å². The fraction of sp³-hybridized carbons (Fsp3) is 0.500. The Morgan fingerprint density at radius 1 is 1.44 bits per heavy atom. The van der Waals surface area contributed by atoms with Crippen LogP contribution in [-0.2, 0) is 17.6 Å². The highest BCUT2D eigenvalue weighted by molar-refractivity contribution is 5.81. The quantitative estimate of drug-likeness (QED) is 0.775. The fourth-order valence-corrected chi connectivity index (χ4v) is 2.50. The summed E-state index contributed by atoms with van der Waals surface area (Å²) in [5.74, 6) is 0.240. The molecule has 0 aliphatic carbocycles. The van der Waals surface area contributed by atoms with Crippen molar-refractivity contribution in [2.75, 3.05) is 11.4 Å². The first-order valence-electron chi connectivity index (χ1n) is 5.96. The first-order valence-corrected chi connectivity index (χ1v) is 5.96. The van der Waals surface area contributed by atoms with Crippen molar-refractivity contribution in [3.63, 3.8) is 0 Å². The number of hydrogen-bond donors (Lipinski definition) is 0. The van der Waals surface area contributed by atoms with Gasteiger partial charge >= 0.3 is 0 Å². The van der Waals surface area contributed by atoms with E-state index in [9.17, 15) is 4.79 Å². The lowest BCUT2D eigenvalue weighted by Crippen LogP contribution is -2.29. The predicted molar refractivity (Wildman–Crippen MR) is 67.0 cm³/mol. The van der Waals surface area contributed by atoms with Crippen LogP contribution in [0.25, 0.3) is 0 Å². The van der Waals surface area contributed by atoms with E-state index in [0.717, 1.165) is 13.0 Å². The van der Waals surface area contributed by atoms with E-state index in [4.69, 9.17) is 0 Å². The molecule has 2 heteroatoms. The maximum absolute atomic E-state index is 11.3. The topological polar surface area (TPSA) is 20.3 Å². The first-order chi connectivity index (χ1) is 7.59. The van der Waals surface area contributed by atoms with Gasteiger partial charge in [0.15, 0.2) is 0 Å². The van der Waals surface area contributed by atoms with Gasteiger partial charge in [-0.25, -0.2) is 0 Å². The van der Waals surface area contributed by atoms with Gasteiger partial charge < -0.3 is 4.90 Å². The Morgan fingerprint density at radius 2 is 2.19 bits per heavy atom. The van der Waals surface area contributed by atoms with Gasteiger partial charge in [-0.3, -0.25) is 4.79 Å². The molecule has 2 rings (SSSR count). The monoisotopic (exact) mass is 217 g/mol. The summed E-state index contributed by atoms with van der Waals surface area (Å²) in [5.41, 5.74) is 3.90. The largest absolute Gasteiger partial charge is 0.368 e. The molecule has 0 amide bonds. The number of benzene rings is 1. The number of rotatable bonds is 3. The van der Waals surface area contributed by atoms with Gasteiger partial charge in [-0.1, -0.05) is 18.2 Å². The van der Waals surface area contributed by atoms with E-state index in [-0.39, 0.29) is 5.78 Å². The minimum absolute atomic E-state index is 0.240. The molecule has 0 saturated carbocycles. The number of nitrogens with zero attached hydrogens (tertiary/aromatic N) is 1. The van der Waals surface area contributed by atoms with Crippen molar-refractivity contribution in [2.45, 2.75) is 39.7 Å². The second-order valence-electron chi connectivity index (χ2n) is 4.84. The Hall–Kier alpha value is -1.31. The van der Waals surface area contributed by atoms with Crippen LogP contribution in [0.5, 0.6) is 0 Å². The maximum atomic E-state index is 11.3. The van der Waals surface area contributed by atoms with E-state index in [2.05, 4.69) is 36.9 Å². The Bertz CT molecular complexity index is 409. The Kier molecular flexibility index (Phi) is 2.99. The van der Waals surface area contributed by atoms with Gasteiger partial charge in [0.05, 0.1) is 0 Å². The van der Waals surface area contributed by atoms with Crippen molar-refractivity contribution in [3.8, 4) is 0 Å². The van der Waals surface area contributed by atoms with Gasteiger partial charge in [-0.2, -0.15) is 0 Å². The van der Waals surface area contributed by atoms with Crippen LogP contribution >= 0.6 is 0 Å². The molecule has 16 heavy (non-hydrogen) atoms. The molecule has 0 bridgehead atoms. The molecule has 86 valence electrons. The minimum Gasteiger partial charge on any atom is -0.368 e. The van der Waals surface area contributed by atoms with Crippen molar-refractivity contribution in [1.82, 2.24) is 0 Å². The lowest BCUT2D eigenvalue weighted by molar-refractivity contribution is -0.116. The molecule has 2 nitrogen and oxygen atoms in total.